The summed E-state index contributed by atoms with van der Waals surface area (Å²) in [5.41, 5.74) is 0. The van der Waals surface area contributed by atoms with Crippen LogP contribution in [-0.2, 0) is 13.1 Å². The van der Waals surface area contributed by atoms with Gasteiger partial charge in [0.2, 0.25) is 0 Å². The van der Waals surface area contributed by atoms with Gasteiger partial charge < -0.3 is 9.88 Å². The Morgan fingerprint density at radius 3 is 3.27 bits per heavy atom. The Labute approximate surface area is 90.4 Å². The van der Waals surface area contributed by atoms with E-state index in [-0.39, 0.29) is 0 Å². The highest BCUT2D eigenvalue weighted by atomic mass is 15.3. The van der Waals surface area contributed by atoms with Gasteiger partial charge in [-0.05, 0) is 26.2 Å². The van der Waals surface area contributed by atoms with E-state index < -0.39 is 0 Å². The van der Waals surface area contributed by atoms with Crippen LogP contribution in [0.15, 0.2) is 18.5 Å². The topological polar surface area (TPSA) is 42.7 Å². The summed E-state index contributed by atoms with van der Waals surface area (Å²) in [6, 6.07) is 0.515. The summed E-state index contributed by atoms with van der Waals surface area (Å²) in [6.45, 7) is 3.85. The standard InChI is InChI=1S/C11H18N4/c1-2-15-9-13-14-11(15)8-12-10-6-4-3-5-7-10/h4,6,9-10,12H,2-3,5,7-8H2,1H3. The fourth-order valence-corrected chi connectivity index (χ4v) is 1.88. The molecule has 15 heavy (non-hydrogen) atoms. The molecule has 1 aliphatic carbocycles. The molecule has 4 nitrogen and oxygen atoms in total. The molecule has 0 amide bonds. The first-order valence-electron chi connectivity index (χ1n) is 5.67. The van der Waals surface area contributed by atoms with Crippen molar-refractivity contribution in [1.29, 1.82) is 0 Å². The van der Waals surface area contributed by atoms with Gasteiger partial charge in [-0.2, -0.15) is 0 Å². The van der Waals surface area contributed by atoms with Crippen LogP contribution < -0.4 is 5.32 Å². The zero-order valence-electron chi connectivity index (χ0n) is 9.19. The summed E-state index contributed by atoms with van der Waals surface area (Å²) in [6.07, 6.45) is 10.0. The van der Waals surface area contributed by atoms with Crippen LogP contribution in [0.4, 0.5) is 0 Å². The second kappa shape index (κ2) is 5.07. The van der Waals surface area contributed by atoms with E-state index >= 15 is 0 Å². The first-order chi connectivity index (χ1) is 7.40. The summed E-state index contributed by atoms with van der Waals surface area (Å²) in [7, 11) is 0. The predicted octanol–water partition coefficient (Wildman–Crippen LogP) is 1.50. The molecule has 1 unspecified atom stereocenters. The number of hydrogen-bond donors (Lipinski definition) is 1. The maximum Gasteiger partial charge on any atom is 0.146 e. The molecule has 82 valence electrons. The maximum absolute atomic E-state index is 4.10. The number of nitrogens with zero attached hydrogens (tertiary/aromatic N) is 3. The van der Waals surface area contributed by atoms with Crippen LogP contribution in [0, 0.1) is 0 Å². The van der Waals surface area contributed by atoms with E-state index in [4.69, 9.17) is 0 Å². The average molecular weight is 206 g/mol. The first kappa shape index (κ1) is 10.4. The number of hydrogen-bond acceptors (Lipinski definition) is 3. The lowest BCUT2D eigenvalue weighted by atomic mass is 10.0. The van der Waals surface area contributed by atoms with Gasteiger partial charge in [0.15, 0.2) is 0 Å². The molecule has 0 aliphatic heterocycles. The van der Waals surface area contributed by atoms with Gasteiger partial charge in [0.05, 0.1) is 6.54 Å². The Bertz CT molecular complexity index is 329. The zero-order chi connectivity index (χ0) is 10.5. The Balaban J connectivity index is 1.87. The van der Waals surface area contributed by atoms with Crippen LogP contribution in [0.3, 0.4) is 0 Å². The Kier molecular flexibility index (Phi) is 3.50. The van der Waals surface area contributed by atoms with E-state index in [1.54, 1.807) is 6.33 Å². The third-order valence-corrected chi connectivity index (χ3v) is 2.81. The van der Waals surface area contributed by atoms with Gasteiger partial charge >= 0.3 is 0 Å². The van der Waals surface area contributed by atoms with Crippen LogP contribution in [0.25, 0.3) is 0 Å². The quantitative estimate of drug-likeness (QED) is 0.759. The van der Waals surface area contributed by atoms with E-state index in [2.05, 4.69) is 39.2 Å². The molecule has 0 radical (unpaired) electrons. The zero-order valence-corrected chi connectivity index (χ0v) is 9.19. The van der Waals surface area contributed by atoms with Crippen molar-refractivity contribution in [2.75, 3.05) is 0 Å². The first-order valence-corrected chi connectivity index (χ1v) is 5.67. The van der Waals surface area contributed by atoms with Gasteiger partial charge in [-0.25, -0.2) is 0 Å². The Morgan fingerprint density at radius 1 is 1.60 bits per heavy atom. The van der Waals surface area contributed by atoms with Crippen molar-refractivity contribution in [2.24, 2.45) is 0 Å². The van der Waals surface area contributed by atoms with Crippen LogP contribution >= 0.6 is 0 Å². The number of allylic oxidation sites excluding steroid dienone is 1. The Morgan fingerprint density at radius 2 is 2.53 bits per heavy atom. The molecule has 1 N–H and O–H groups in total. The molecule has 1 aromatic rings. The van der Waals surface area contributed by atoms with Gasteiger partial charge in [-0.1, -0.05) is 12.2 Å². The van der Waals surface area contributed by atoms with Crippen LogP contribution in [0.1, 0.15) is 32.0 Å². The van der Waals surface area contributed by atoms with Crippen molar-refractivity contribution in [3.8, 4) is 0 Å². The molecule has 0 aromatic carbocycles. The third kappa shape index (κ3) is 2.65. The lowest BCUT2D eigenvalue weighted by Gasteiger charge is -2.17. The molecule has 0 spiro atoms. The maximum atomic E-state index is 4.10. The van der Waals surface area contributed by atoms with Crippen molar-refractivity contribution < 1.29 is 0 Å². The molecule has 1 heterocycles. The van der Waals surface area contributed by atoms with Crippen LogP contribution in [-0.4, -0.2) is 20.8 Å². The predicted molar refractivity (Wildman–Crippen MR) is 59.3 cm³/mol. The number of rotatable bonds is 4. The van der Waals surface area contributed by atoms with Gasteiger partial charge in [-0.3, -0.25) is 0 Å². The molecule has 4 heteroatoms. The molecule has 0 saturated carbocycles. The number of aryl methyl sites for hydroxylation is 1. The summed E-state index contributed by atoms with van der Waals surface area (Å²) in [4.78, 5) is 0. The molecule has 1 aliphatic rings. The monoisotopic (exact) mass is 206 g/mol. The van der Waals surface area contributed by atoms with Gasteiger partial charge in [0, 0.05) is 12.6 Å². The normalized spacial score (nSPS) is 20.7. The van der Waals surface area contributed by atoms with Crippen LogP contribution in [0.2, 0.25) is 0 Å². The second-order valence-electron chi connectivity index (χ2n) is 3.88. The van der Waals surface area contributed by atoms with Crippen molar-refractivity contribution in [3.05, 3.63) is 24.3 Å². The summed E-state index contributed by atoms with van der Waals surface area (Å²) >= 11 is 0. The molecule has 1 atom stereocenters. The highest BCUT2D eigenvalue weighted by Crippen LogP contribution is 2.10. The summed E-state index contributed by atoms with van der Waals surface area (Å²) < 4.78 is 2.07. The highest BCUT2D eigenvalue weighted by molar-refractivity contribution is 4.98. The van der Waals surface area contributed by atoms with Crippen molar-refractivity contribution >= 4 is 0 Å². The minimum atomic E-state index is 0.515. The molecule has 0 saturated heterocycles. The molecule has 0 fully saturated rings. The van der Waals surface area contributed by atoms with Crippen molar-refractivity contribution in [3.63, 3.8) is 0 Å². The average Bonchev–Trinajstić information content (AvgIpc) is 2.75. The smallest absolute Gasteiger partial charge is 0.146 e. The van der Waals surface area contributed by atoms with Crippen LogP contribution in [0.5, 0.6) is 0 Å². The highest BCUT2D eigenvalue weighted by Gasteiger charge is 2.09. The SMILES string of the molecule is CCn1cnnc1CNC1C=CCCC1. The van der Waals surface area contributed by atoms with E-state index in [9.17, 15) is 0 Å². The van der Waals surface area contributed by atoms with Gasteiger partial charge in [-0.15, -0.1) is 10.2 Å². The second-order valence-corrected chi connectivity index (χ2v) is 3.88. The fourth-order valence-electron chi connectivity index (χ4n) is 1.88. The van der Waals surface area contributed by atoms with Crippen molar-refractivity contribution in [1.82, 2.24) is 20.1 Å². The lowest BCUT2D eigenvalue weighted by Crippen LogP contribution is -2.29. The Hall–Kier alpha value is -1.16. The fraction of sp³-hybridized carbons (Fsp3) is 0.636. The van der Waals surface area contributed by atoms with E-state index in [1.807, 2.05) is 0 Å². The minimum Gasteiger partial charge on any atom is -0.317 e. The molecule has 0 bridgehead atoms. The summed E-state index contributed by atoms with van der Waals surface area (Å²) in [5.74, 6) is 1.02. The van der Waals surface area contributed by atoms with E-state index in [0.717, 1.165) is 18.9 Å². The number of nitrogens with one attached hydrogen (secondary N) is 1. The largest absolute Gasteiger partial charge is 0.317 e. The molecular weight excluding hydrogens is 188 g/mol. The third-order valence-electron chi connectivity index (χ3n) is 2.81. The summed E-state index contributed by atoms with van der Waals surface area (Å²) in [5, 5.41) is 11.5. The van der Waals surface area contributed by atoms with E-state index in [0.29, 0.717) is 6.04 Å². The van der Waals surface area contributed by atoms with Gasteiger partial charge in [0.25, 0.3) is 0 Å². The molecule has 2 rings (SSSR count). The molecular formula is C11H18N4. The van der Waals surface area contributed by atoms with Crippen molar-refractivity contribution in [2.45, 2.75) is 45.3 Å². The van der Waals surface area contributed by atoms with Gasteiger partial charge in [0.1, 0.15) is 12.2 Å². The molecule has 1 aromatic heterocycles. The number of aromatic nitrogens is 3. The lowest BCUT2D eigenvalue weighted by molar-refractivity contribution is 0.503. The van der Waals surface area contributed by atoms with E-state index in [1.165, 1.54) is 19.3 Å². The minimum absolute atomic E-state index is 0.515.